The summed E-state index contributed by atoms with van der Waals surface area (Å²) in [6.45, 7) is 2.02. The first kappa shape index (κ1) is 12.1. The molecule has 0 amide bonds. The molecule has 0 saturated heterocycles. The van der Waals surface area contributed by atoms with Gasteiger partial charge in [0.1, 0.15) is 11.3 Å². The average Bonchev–Trinajstić information content (AvgIpc) is 2.65. The molecule has 8 heteroatoms. The van der Waals surface area contributed by atoms with Gasteiger partial charge in [0.25, 0.3) is 0 Å². The molecule has 0 unspecified atom stereocenters. The van der Waals surface area contributed by atoms with E-state index in [-0.39, 0.29) is 0 Å². The normalized spacial score (nSPS) is 9.56. The molecule has 7 nitrogen and oxygen atoms in total. The second kappa shape index (κ2) is 5.21. The molecular weight excluding hydrogens is 232 g/mol. The smallest absolute Gasteiger partial charge is 0.450 e. The minimum Gasteiger partial charge on any atom is -0.450 e. The van der Waals surface area contributed by atoms with Gasteiger partial charge in [-0.2, -0.15) is 0 Å². The molecule has 0 aromatic carbocycles. The van der Waals surface area contributed by atoms with Crippen molar-refractivity contribution in [3.8, 4) is 0 Å². The van der Waals surface area contributed by atoms with Crippen LogP contribution in [0.15, 0.2) is 6.33 Å². The highest BCUT2D eigenvalue weighted by molar-refractivity contribution is 7.71. The van der Waals surface area contributed by atoms with Crippen molar-refractivity contribution < 1.29 is 15.0 Å². The SMILES string of the molecule is CCc1nc(=S)c2[nH]cnc2[nH]1.O=C(O)O. The van der Waals surface area contributed by atoms with Gasteiger partial charge in [-0.25, -0.2) is 14.8 Å². The molecule has 0 aliphatic rings. The van der Waals surface area contributed by atoms with E-state index >= 15 is 0 Å². The van der Waals surface area contributed by atoms with Gasteiger partial charge in [-0.3, -0.25) is 0 Å². The Bertz CT molecular complexity index is 543. The van der Waals surface area contributed by atoms with E-state index in [4.69, 9.17) is 27.2 Å². The number of aryl methyl sites for hydroxylation is 1. The first-order valence-electron chi connectivity index (χ1n) is 4.38. The average molecular weight is 242 g/mol. The lowest BCUT2D eigenvalue weighted by molar-refractivity contribution is 0.137. The number of aromatic nitrogens is 4. The van der Waals surface area contributed by atoms with Crippen LogP contribution in [-0.2, 0) is 6.42 Å². The Morgan fingerprint density at radius 1 is 1.56 bits per heavy atom. The van der Waals surface area contributed by atoms with Gasteiger partial charge in [0.15, 0.2) is 10.3 Å². The van der Waals surface area contributed by atoms with Crippen molar-refractivity contribution in [1.29, 1.82) is 0 Å². The first-order chi connectivity index (χ1) is 7.54. The Labute approximate surface area is 95.2 Å². The van der Waals surface area contributed by atoms with Crippen molar-refractivity contribution in [2.75, 3.05) is 0 Å². The van der Waals surface area contributed by atoms with E-state index in [0.717, 1.165) is 23.4 Å². The summed E-state index contributed by atoms with van der Waals surface area (Å²) in [6.07, 6.45) is 0.616. The number of fused-ring (bicyclic) bond motifs is 1. The van der Waals surface area contributed by atoms with Gasteiger partial charge < -0.3 is 20.2 Å². The maximum atomic E-state index is 8.56. The molecule has 2 aromatic heterocycles. The summed E-state index contributed by atoms with van der Waals surface area (Å²) >= 11 is 5.06. The van der Waals surface area contributed by atoms with Crippen LogP contribution in [-0.4, -0.2) is 36.3 Å². The molecule has 0 radical (unpaired) electrons. The third-order valence-electron chi connectivity index (χ3n) is 1.69. The summed E-state index contributed by atoms with van der Waals surface area (Å²) in [5.41, 5.74) is 1.59. The predicted molar refractivity (Wildman–Crippen MR) is 59.1 cm³/mol. The van der Waals surface area contributed by atoms with Crippen LogP contribution in [0.5, 0.6) is 0 Å². The van der Waals surface area contributed by atoms with E-state index in [2.05, 4.69) is 19.9 Å². The van der Waals surface area contributed by atoms with Crippen molar-refractivity contribution in [1.82, 2.24) is 19.9 Å². The van der Waals surface area contributed by atoms with Crippen LogP contribution in [0.2, 0.25) is 0 Å². The Kier molecular flexibility index (Phi) is 3.95. The molecule has 0 atom stereocenters. The number of hydrogen-bond donors (Lipinski definition) is 4. The van der Waals surface area contributed by atoms with Gasteiger partial charge in [0, 0.05) is 6.42 Å². The number of nitrogens with zero attached hydrogens (tertiary/aromatic N) is 2. The van der Waals surface area contributed by atoms with Crippen molar-refractivity contribution in [3.05, 3.63) is 16.8 Å². The van der Waals surface area contributed by atoms with E-state index < -0.39 is 6.16 Å². The first-order valence-corrected chi connectivity index (χ1v) is 4.79. The van der Waals surface area contributed by atoms with Crippen molar-refractivity contribution in [2.24, 2.45) is 0 Å². The number of hydrogen-bond acceptors (Lipinski definition) is 4. The van der Waals surface area contributed by atoms with E-state index in [9.17, 15) is 0 Å². The molecule has 0 bridgehead atoms. The van der Waals surface area contributed by atoms with Gasteiger partial charge in [-0.15, -0.1) is 0 Å². The van der Waals surface area contributed by atoms with Crippen LogP contribution in [0.25, 0.3) is 11.2 Å². The maximum absolute atomic E-state index is 8.56. The lowest BCUT2D eigenvalue weighted by Gasteiger charge is -1.95. The third-order valence-corrected chi connectivity index (χ3v) is 1.98. The minimum absolute atomic E-state index is 0.582. The largest absolute Gasteiger partial charge is 0.503 e. The predicted octanol–water partition coefficient (Wildman–Crippen LogP) is 1.80. The van der Waals surface area contributed by atoms with E-state index in [1.807, 2.05) is 6.92 Å². The quantitative estimate of drug-likeness (QED) is 0.567. The summed E-state index contributed by atoms with van der Waals surface area (Å²) < 4.78 is 0.582. The molecule has 86 valence electrons. The van der Waals surface area contributed by atoms with Gasteiger partial charge in [-0.05, 0) is 0 Å². The fraction of sp³-hybridized carbons (Fsp3) is 0.250. The third kappa shape index (κ3) is 3.02. The number of imidazole rings is 1. The van der Waals surface area contributed by atoms with Crippen LogP contribution in [0.1, 0.15) is 12.7 Å². The van der Waals surface area contributed by atoms with E-state index in [1.54, 1.807) is 6.33 Å². The van der Waals surface area contributed by atoms with E-state index in [1.165, 1.54) is 0 Å². The number of carboxylic acid groups (broad SMARTS) is 2. The molecule has 0 spiro atoms. The fourth-order valence-electron chi connectivity index (χ4n) is 1.06. The zero-order valence-corrected chi connectivity index (χ0v) is 9.21. The summed E-state index contributed by atoms with van der Waals surface area (Å²) in [5.74, 6) is 0.875. The summed E-state index contributed by atoms with van der Waals surface area (Å²) in [4.78, 5) is 22.8. The second-order valence-corrected chi connectivity index (χ2v) is 3.14. The molecule has 16 heavy (non-hydrogen) atoms. The van der Waals surface area contributed by atoms with Crippen LogP contribution < -0.4 is 0 Å². The molecule has 4 N–H and O–H groups in total. The molecule has 0 fully saturated rings. The lowest BCUT2D eigenvalue weighted by Crippen LogP contribution is -1.93. The van der Waals surface area contributed by atoms with Crippen molar-refractivity contribution >= 4 is 29.5 Å². The van der Waals surface area contributed by atoms with Gasteiger partial charge in [0.05, 0.1) is 6.33 Å². The number of nitrogens with one attached hydrogen (secondary N) is 2. The zero-order valence-electron chi connectivity index (χ0n) is 8.39. The topological polar surface area (TPSA) is 115 Å². The van der Waals surface area contributed by atoms with Gasteiger partial charge >= 0.3 is 6.16 Å². The number of H-pyrrole nitrogens is 2. The summed E-state index contributed by atoms with van der Waals surface area (Å²) in [7, 11) is 0. The van der Waals surface area contributed by atoms with Crippen LogP contribution >= 0.6 is 12.2 Å². The Morgan fingerprint density at radius 2 is 2.19 bits per heavy atom. The zero-order chi connectivity index (χ0) is 12.1. The van der Waals surface area contributed by atoms with Gasteiger partial charge in [0.2, 0.25) is 0 Å². The molecule has 2 rings (SSSR count). The fourth-order valence-corrected chi connectivity index (χ4v) is 1.33. The Hall–Kier alpha value is -1.96. The molecule has 0 saturated carbocycles. The lowest BCUT2D eigenvalue weighted by atomic mass is 10.4. The molecule has 0 aliphatic carbocycles. The Morgan fingerprint density at radius 3 is 2.75 bits per heavy atom. The highest BCUT2D eigenvalue weighted by Gasteiger charge is 2.00. The standard InChI is InChI=1S/C7H8N4S.CH2O3/c1-2-4-10-6-5(7(12)11-4)8-3-9-6;2-1(3)4/h3H,2H2,1H3,(H2,8,9,10,11,12);(H2,2,3,4). The molecular formula is C8H10N4O3S. The van der Waals surface area contributed by atoms with Crippen LogP contribution in [0.3, 0.4) is 0 Å². The Balaban J connectivity index is 0.000000280. The number of aromatic amines is 2. The summed E-state index contributed by atoms with van der Waals surface area (Å²) in [6, 6.07) is 0. The number of rotatable bonds is 1. The monoisotopic (exact) mass is 242 g/mol. The number of carbonyl (C=O) groups is 1. The maximum Gasteiger partial charge on any atom is 0.503 e. The molecule has 2 aromatic rings. The highest BCUT2D eigenvalue weighted by Crippen LogP contribution is 2.06. The minimum atomic E-state index is -1.83. The van der Waals surface area contributed by atoms with Crippen molar-refractivity contribution in [3.63, 3.8) is 0 Å². The summed E-state index contributed by atoms with van der Waals surface area (Å²) in [5, 5.41) is 13.9. The van der Waals surface area contributed by atoms with Crippen molar-refractivity contribution in [2.45, 2.75) is 13.3 Å². The van der Waals surface area contributed by atoms with E-state index in [0.29, 0.717) is 4.64 Å². The van der Waals surface area contributed by atoms with Crippen LogP contribution in [0.4, 0.5) is 4.79 Å². The highest BCUT2D eigenvalue weighted by atomic mass is 32.1. The molecule has 0 aliphatic heterocycles. The van der Waals surface area contributed by atoms with Crippen LogP contribution in [0, 0.1) is 4.64 Å². The molecule has 2 heterocycles. The van der Waals surface area contributed by atoms with Gasteiger partial charge in [-0.1, -0.05) is 19.1 Å². The second-order valence-electron chi connectivity index (χ2n) is 2.75.